The van der Waals surface area contributed by atoms with Crippen molar-refractivity contribution in [3.63, 3.8) is 0 Å². The highest BCUT2D eigenvalue weighted by Crippen LogP contribution is 2.40. The second-order valence-corrected chi connectivity index (χ2v) is 4.90. The predicted octanol–water partition coefficient (Wildman–Crippen LogP) is 2.11. The predicted molar refractivity (Wildman–Crippen MR) is 55.1 cm³/mol. The van der Waals surface area contributed by atoms with E-state index in [-0.39, 0.29) is 18.8 Å². The highest BCUT2D eigenvalue weighted by molar-refractivity contribution is 8.13. The summed E-state index contributed by atoms with van der Waals surface area (Å²) in [5.41, 5.74) is 0. The molecule has 1 unspecified atom stereocenters. The Bertz CT molecular complexity index is 243. The molecule has 80 valence electrons. The summed E-state index contributed by atoms with van der Waals surface area (Å²) in [7, 11) is 0. The quantitative estimate of drug-likeness (QED) is 0.770. The van der Waals surface area contributed by atoms with Gasteiger partial charge in [0.05, 0.1) is 6.54 Å². The van der Waals surface area contributed by atoms with Gasteiger partial charge in [-0.15, -0.1) is 0 Å². The third-order valence-electron chi connectivity index (χ3n) is 2.60. The summed E-state index contributed by atoms with van der Waals surface area (Å²) in [4.78, 5) is 4.21. The molecular formula is C9H14F2N2S. The van der Waals surface area contributed by atoms with Crippen LogP contribution >= 0.6 is 11.8 Å². The summed E-state index contributed by atoms with van der Waals surface area (Å²) >= 11 is 1.59. The van der Waals surface area contributed by atoms with Gasteiger partial charge in [0.15, 0.2) is 5.17 Å². The van der Waals surface area contributed by atoms with E-state index in [1.165, 1.54) is 0 Å². The molecule has 0 bridgehead atoms. The Balaban J connectivity index is 1.71. The minimum Gasteiger partial charge on any atom is -0.363 e. The van der Waals surface area contributed by atoms with E-state index in [9.17, 15) is 8.78 Å². The van der Waals surface area contributed by atoms with Crippen LogP contribution in [0.3, 0.4) is 0 Å². The molecule has 1 N–H and O–H groups in total. The third kappa shape index (κ3) is 2.59. The van der Waals surface area contributed by atoms with Crippen LogP contribution in [0.15, 0.2) is 4.99 Å². The molecule has 2 rings (SSSR count). The standard InChI is InChI=1S/C9H14F2N2S/c10-9(11)2-1-7(5-9)6-14-8-12-3-4-13-8/h7H,1-6H2,(H,12,13). The van der Waals surface area contributed by atoms with Crippen LogP contribution in [0.1, 0.15) is 19.3 Å². The van der Waals surface area contributed by atoms with Crippen LogP contribution in [0.25, 0.3) is 0 Å². The van der Waals surface area contributed by atoms with Gasteiger partial charge >= 0.3 is 0 Å². The van der Waals surface area contributed by atoms with Gasteiger partial charge in [-0.05, 0) is 12.3 Å². The Morgan fingerprint density at radius 2 is 2.43 bits per heavy atom. The summed E-state index contributed by atoms with van der Waals surface area (Å²) < 4.78 is 25.7. The van der Waals surface area contributed by atoms with E-state index in [2.05, 4.69) is 10.3 Å². The minimum absolute atomic E-state index is 0.0628. The van der Waals surface area contributed by atoms with E-state index < -0.39 is 5.92 Å². The van der Waals surface area contributed by atoms with Gasteiger partial charge in [0.25, 0.3) is 0 Å². The molecule has 0 radical (unpaired) electrons. The number of nitrogens with zero attached hydrogens (tertiary/aromatic N) is 1. The van der Waals surface area contributed by atoms with Crippen molar-refractivity contribution in [3.05, 3.63) is 0 Å². The molecule has 1 saturated carbocycles. The van der Waals surface area contributed by atoms with E-state index >= 15 is 0 Å². The summed E-state index contributed by atoms with van der Waals surface area (Å²) in [6, 6.07) is 0. The molecule has 1 aliphatic carbocycles. The SMILES string of the molecule is FC1(F)CCC(CSC2=NCCN2)C1. The zero-order valence-corrected chi connectivity index (χ0v) is 8.75. The van der Waals surface area contributed by atoms with Crippen LogP contribution in [0, 0.1) is 5.92 Å². The smallest absolute Gasteiger partial charge is 0.248 e. The lowest BCUT2D eigenvalue weighted by molar-refractivity contribution is 0.00597. The second kappa shape index (κ2) is 4.04. The number of amidine groups is 1. The molecule has 2 nitrogen and oxygen atoms in total. The van der Waals surface area contributed by atoms with Gasteiger partial charge in [-0.25, -0.2) is 8.78 Å². The summed E-state index contributed by atoms with van der Waals surface area (Å²) in [5.74, 6) is -1.46. The number of nitrogens with one attached hydrogen (secondary N) is 1. The second-order valence-electron chi connectivity index (χ2n) is 3.89. The van der Waals surface area contributed by atoms with Gasteiger partial charge in [0.2, 0.25) is 5.92 Å². The minimum atomic E-state index is -2.41. The Hall–Kier alpha value is -0.320. The average molecular weight is 220 g/mol. The molecule has 2 aliphatic rings. The highest BCUT2D eigenvalue weighted by Gasteiger charge is 2.39. The molecule has 1 atom stereocenters. The summed E-state index contributed by atoms with van der Waals surface area (Å²) in [6.45, 7) is 1.71. The summed E-state index contributed by atoms with van der Waals surface area (Å²) in [5, 5.41) is 4.06. The van der Waals surface area contributed by atoms with Gasteiger partial charge < -0.3 is 5.32 Å². The zero-order valence-electron chi connectivity index (χ0n) is 7.93. The summed E-state index contributed by atoms with van der Waals surface area (Å²) in [6.07, 6.45) is 0.790. The van der Waals surface area contributed by atoms with Gasteiger partial charge in [-0.1, -0.05) is 11.8 Å². The molecule has 1 aliphatic heterocycles. The number of alkyl halides is 2. The lowest BCUT2D eigenvalue weighted by Gasteiger charge is -2.09. The Kier molecular flexibility index (Phi) is 2.95. The third-order valence-corrected chi connectivity index (χ3v) is 3.79. The van der Waals surface area contributed by atoms with Gasteiger partial charge in [0.1, 0.15) is 0 Å². The fourth-order valence-corrected chi connectivity index (χ4v) is 2.92. The fourth-order valence-electron chi connectivity index (χ4n) is 1.85. The van der Waals surface area contributed by atoms with Crippen molar-refractivity contribution in [1.29, 1.82) is 0 Å². The zero-order chi connectivity index (χ0) is 10.0. The van der Waals surface area contributed by atoms with Crippen LogP contribution in [0.5, 0.6) is 0 Å². The first kappa shape index (κ1) is 10.2. The Labute approximate surface area is 86.5 Å². The lowest BCUT2D eigenvalue weighted by atomic mass is 10.1. The first-order valence-electron chi connectivity index (χ1n) is 4.95. The molecule has 1 fully saturated rings. The number of rotatable bonds is 2. The van der Waals surface area contributed by atoms with Crippen LogP contribution in [-0.2, 0) is 0 Å². The number of thioether (sulfide) groups is 1. The van der Waals surface area contributed by atoms with Crippen molar-refractivity contribution in [2.45, 2.75) is 25.2 Å². The van der Waals surface area contributed by atoms with Crippen molar-refractivity contribution in [2.24, 2.45) is 10.9 Å². The maximum absolute atomic E-state index is 12.8. The topological polar surface area (TPSA) is 24.4 Å². The lowest BCUT2D eigenvalue weighted by Crippen LogP contribution is -2.17. The Morgan fingerprint density at radius 3 is 3.00 bits per heavy atom. The fraction of sp³-hybridized carbons (Fsp3) is 0.889. The number of aliphatic imine (C=N–C) groups is 1. The monoisotopic (exact) mass is 220 g/mol. The molecule has 0 aromatic heterocycles. The molecule has 0 aromatic carbocycles. The van der Waals surface area contributed by atoms with Gasteiger partial charge in [-0.2, -0.15) is 0 Å². The maximum atomic E-state index is 12.8. The van der Waals surface area contributed by atoms with Crippen LogP contribution < -0.4 is 5.32 Å². The average Bonchev–Trinajstić information content (AvgIpc) is 2.70. The van der Waals surface area contributed by atoms with Crippen LogP contribution in [-0.4, -0.2) is 29.9 Å². The van der Waals surface area contributed by atoms with E-state index in [1.54, 1.807) is 11.8 Å². The van der Waals surface area contributed by atoms with E-state index in [0.717, 1.165) is 24.0 Å². The maximum Gasteiger partial charge on any atom is 0.248 e. The largest absolute Gasteiger partial charge is 0.363 e. The number of hydrogen-bond donors (Lipinski definition) is 1. The Morgan fingerprint density at radius 1 is 1.57 bits per heavy atom. The van der Waals surface area contributed by atoms with Crippen molar-refractivity contribution >= 4 is 16.9 Å². The van der Waals surface area contributed by atoms with Crippen molar-refractivity contribution in [1.82, 2.24) is 5.32 Å². The highest BCUT2D eigenvalue weighted by atomic mass is 32.2. The van der Waals surface area contributed by atoms with Gasteiger partial charge in [-0.3, -0.25) is 4.99 Å². The van der Waals surface area contributed by atoms with Crippen LogP contribution in [0.2, 0.25) is 0 Å². The molecule has 0 aromatic rings. The molecule has 0 spiro atoms. The number of hydrogen-bond acceptors (Lipinski definition) is 3. The first-order valence-corrected chi connectivity index (χ1v) is 5.93. The molecule has 0 amide bonds. The van der Waals surface area contributed by atoms with E-state index in [1.807, 2.05) is 0 Å². The van der Waals surface area contributed by atoms with Crippen LogP contribution in [0.4, 0.5) is 8.78 Å². The molecule has 14 heavy (non-hydrogen) atoms. The first-order chi connectivity index (χ1) is 6.66. The van der Waals surface area contributed by atoms with Crippen molar-refractivity contribution in [3.8, 4) is 0 Å². The van der Waals surface area contributed by atoms with Crippen molar-refractivity contribution in [2.75, 3.05) is 18.8 Å². The molecule has 0 saturated heterocycles. The van der Waals surface area contributed by atoms with Crippen molar-refractivity contribution < 1.29 is 8.78 Å². The molecule has 1 heterocycles. The normalized spacial score (nSPS) is 30.1. The van der Waals surface area contributed by atoms with Gasteiger partial charge in [0, 0.05) is 25.1 Å². The number of halogens is 2. The molecule has 5 heteroatoms. The van der Waals surface area contributed by atoms with E-state index in [0.29, 0.717) is 6.42 Å². The molecular weight excluding hydrogens is 206 g/mol. The van der Waals surface area contributed by atoms with E-state index in [4.69, 9.17) is 0 Å².